The van der Waals surface area contributed by atoms with Crippen molar-refractivity contribution in [3.63, 3.8) is 0 Å². The van der Waals surface area contributed by atoms with Gasteiger partial charge in [-0.25, -0.2) is 0 Å². The molecule has 0 aromatic carbocycles. The van der Waals surface area contributed by atoms with Crippen LogP contribution < -0.4 is 0 Å². The zero-order chi connectivity index (χ0) is 12.6. The van der Waals surface area contributed by atoms with Crippen molar-refractivity contribution in [2.45, 2.75) is 53.6 Å². The highest BCUT2D eigenvalue weighted by Gasteiger charge is 2.19. The van der Waals surface area contributed by atoms with E-state index in [1.165, 1.54) is 0 Å². The summed E-state index contributed by atoms with van der Waals surface area (Å²) >= 11 is 0. The van der Waals surface area contributed by atoms with E-state index in [4.69, 9.17) is 4.74 Å². The number of carbonyl (C=O) groups excluding carboxylic acids is 1. The van der Waals surface area contributed by atoms with Crippen molar-refractivity contribution in [2.75, 3.05) is 19.7 Å². The fourth-order valence-corrected chi connectivity index (χ4v) is 1.59. The molecule has 0 spiro atoms. The van der Waals surface area contributed by atoms with Crippen LogP contribution in [0.5, 0.6) is 0 Å². The molecule has 0 aliphatic carbocycles. The van der Waals surface area contributed by atoms with E-state index in [0.717, 1.165) is 25.9 Å². The maximum atomic E-state index is 12.1. The van der Waals surface area contributed by atoms with Crippen LogP contribution in [0.1, 0.15) is 47.5 Å². The first kappa shape index (κ1) is 15.4. The second-order valence-corrected chi connectivity index (χ2v) is 4.61. The predicted octanol–water partition coefficient (Wildman–Crippen LogP) is 2.70. The zero-order valence-electron chi connectivity index (χ0n) is 11.5. The Bertz CT molecular complexity index is 186. The predicted molar refractivity (Wildman–Crippen MR) is 67.4 cm³/mol. The fourth-order valence-electron chi connectivity index (χ4n) is 1.59. The van der Waals surface area contributed by atoms with Gasteiger partial charge < -0.3 is 9.64 Å². The second kappa shape index (κ2) is 8.57. The van der Waals surface area contributed by atoms with Gasteiger partial charge in [-0.15, -0.1) is 0 Å². The topological polar surface area (TPSA) is 29.5 Å². The maximum absolute atomic E-state index is 12.1. The van der Waals surface area contributed by atoms with Crippen LogP contribution in [0.15, 0.2) is 0 Å². The molecule has 0 aromatic heterocycles. The zero-order valence-corrected chi connectivity index (χ0v) is 11.5. The molecule has 3 nitrogen and oxygen atoms in total. The standard InChI is InChI=1S/C13H27NO2/c1-6-8-14(9-7-2)13(15)12(5)10-16-11(3)4/h11-12H,6-10H2,1-5H3. The third-order valence-electron chi connectivity index (χ3n) is 2.40. The molecule has 3 heteroatoms. The van der Waals surface area contributed by atoms with Gasteiger partial charge in [-0.2, -0.15) is 0 Å². The van der Waals surface area contributed by atoms with Crippen molar-refractivity contribution in [3.8, 4) is 0 Å². The molecule has 1 atom stereocenters. The number of amides is 1. The molecule has 0 bridgehead atoms. The number of nitrogens with zero attached hydrogens (tertiary/aromatic N) is 1. The third kappa shape index (κ3) is 6.11. The molecular weight excluding hydrogens is 202 g/mol. The average Bonchev–Trinajstić information content (AvgIpc) is 2.24. The van der Waals surface area contributed by atoms with Gasteiger partial charge >= 0.3 is 0 Å². The van der Waals surface area contributed by atoms with E-state index in [2.05, 4.69) is 13.8 Å². The van der Waals surface area contributed by atoms with Crippen LogP contribution in [0, 0.1) is 5.92 Å². The van der Waals surface area contributed by atoms with Gasteiger partial charge in [-0.1, -0.05) is 20.8 Å². The fraction of sp³-hybridized carbons (Fsp3) is 0.923. The molecule has 1 amide bonds. The summed E-state index contributed by atoms with van der Waals surface area (Å²) in [5.74, 6) is 0.199. The number of hydrogen-bond acceptors (Lipinski definition) is 2. The molecule has 0 rings (SSSR count). The van der Waals surface area contributed by atoms with Gasteiger partial charge in [0.05, 0.1) is 18.6 Å². The number of carbonyl (C=O) groups is 1. The van der Waals surface area contributed by atoms with Crippen LogP contribution in [0.4, 0.5) is 0 Å². The Morgan fingerprint density at radius 1 is 1.12 bits per heavy atom. The maximum Gasteiger partial charge on any atom is 0.227 e. The highest BCUT2D eigenvalue weighted by Crippen LogP contribution is 2.06. The van der Waals surface area contributed by atoms with Crippen LogP contribution in [-0.4, -0.2) is 36.6 Å². The van der Waals surface area contributed by atoms with Gasteiger partial charge in [-0.3, -0.25) is 4.79 Å². The Morgan fingerprint density at radius 2 is 1.62 bits per heavy atom. The van der Waals surface area contributed by atoms with Crippen LogP contribution in [-0.2, 0) is 9.53 Å². The van der Waals surface area contributed by atoms with Crippen LogP contribution in [0.2, 0.25) is 0 Å². The molecule has 0 radical (unpaired) electrons. The minimum absolute atomic E-state index is 0.0273. The number of rotatable bonds is 8. The monoisotopic (exact) mass is 229 g/mol. The van der Waals surface area contributed by atoms with E-state index in [9.17, 15) is 4.79 Å². The minimum atomic E-state index is -0.0273. The van der Waals surface area contributed by atoms with Crippen molar-refractivity contribution < 1.29 is 9.53 Å². The molecule has 0 N–H and O–H groups in total. The van der Waals surface area contributed by atoms with E-state index < -0.39 is 0 Å². The van der Waals surface area contributed by atoms with E-state index in [-0.39, 0.29) is 17.9 Å². The van der Waals surface area contributed by atoms with Gasteiger partial charge in [0.1, 0.15) is 0 Å². The summed E-state index contributed by atoms with van der Waals surface area (Å²) in [6, 6.07) is 0. The molecule has 0 aliphatic heterocycles. The summed E-state index contributed by atoms with van der Waals surface area (Å²) in [5.41, 5.74) is 0. The quantitative estimate of drug-likeness (QED) is 0.640. The molecule has 1 unspecified atom stereocenters. The van der Waals surface area contributed by atoms with E-state index in [1.54, 1.807) is 0 Å². The number of ether oxygens (including phenoxy) is 1. The van der Waals surface area contributed by atoms with Gasteiger partial charge in [0, 0.05) is 13.1 Å². The first-order valence-electron chi connectivity index (χ1n) is 6.43. The Hall–Kier alpha value is -0.570. The SMILES string of the molecule is CCCN(CCC)C(=O)C(C)COC(C)C. The lowest BCUT2D eigenvalue weighted by Crippen LogP contribution is -2.38. The van der Waals surface area contributed by atoms with Crippen molar-refractivity contribution in [1.29, 1.82) is 0 Å². The molecule has 0 aliphatic rings. The van der Waals surface area contributed by atoms with Gasteiger partial charge in [0.25, 0.3) is 0 Å². The van der Waals surface area contributed by atoms with E-state index in [1.807, 2.05) is 25.7 Å². The molecule has 0 saturated carbocycles. The molecule has 0 fully saturated rings. The summed E-state index contributed by atoms with van der Waals surface area (Å²) in [7, 11) is 0. The average molecular weight is 229 g/mol. The summed E-state index contributed by atoms with van der Waals surface area (Å²) in [6.07, 6.45) is 2.23. The van der Waals surface area contributed by atoms with Crippen molar-refractivity contribution in [2.24, 2.45) is 5.92 Å². The van der Waals surface area contributed by atoms with Crippen molar-refractivity contribution in [1.82, 2.24) is 4.90 Å². The molecule has 16 heavy (non-hydrogen) atoms. The molecule has 0 heterocycles. The Labute approximate surface area is 100 Å². The lowest BCUT2D eigenvalue weighted by Gasteiger charge is -2.25. The lowest BCUT2D eigenvalue weighted by atomic mass is 10.1. The van der Waals surface area contributed by atoms with Gasteiger partial charge in [0.2, 0.25) is 5.91 Å². The van der Waals surface area contributed by atoms with Crippen molar-refractivity contribution in [3.05, 3.63) is 0 Å². The van der Waals surface area contributed by atoms with Gasteiger partial charge in [-0.05, 0) is 26.7 Å². The molecule has 96 valence electrons. The smallest absolute Gasteiger partial charge is 0.227 e. The Balaban J connectivity index is 4.13. The molecular formula is C13H27NO2. The van der Waals surface area contributed by atoms with Crippen LogP contribution in [0.3, 0.4) is 0 Å². The number of hydrogen-bond donors (Lipinski definition) is 0. The highest BCUT2D eigenvalue weighted by molar-refractivity contribution is 5.78. The van der Waals surface area contributed by atoms with Crippen LogP contribution >= 0.6 is 0 Å². The summed E-state index contributed by atoms with van der Waals surface area (Å²) in [4.78, 5) is 14.0. The van der Waals surface area contributed by atoms with Crippen molar-refractivity contribution >= 4 is 5.91 Å². The summed E-state index contributed by atoms with van der Waals surface area (Å²) in [5, 5.41) is 0. The molecule has 0 saturated heterocycles. The minimum Gasteiger partial charge on any atom is -0.378 e. The van der Waals surface area contributed by atoms with E-state index >= 15 is 0 Å². The Kier molecular flexibility index (Phi) is 8.26. The molecule has 0 aromatic rings. The van der Waals surface area contributed by atoms with E-state index in [0.29, 0.717) is 6.61 Å². The third-order valence-corrected chi connectivity index (χ3v) is 2.40. The largest absolute Gasteiger partial charge is 0.378 e. The van der Waals surface area contributed by atoms with Gasteiger partial charge in [0.15, 0.2) is 0 Å². The first-order valence-corrected chi connectivity index (χ1v) is 6.43. The van der Waals surface area contributed by atoms with Crippen LogP contribution in [0.25, 0.3) is 0 Å². The second-order valence-electron chi connectivity index (χ2n) is 4.61. The highest BCUT2D eigenvalue weighted by atomic mass is 16.5. The first-order chi connectivity index (χ1) is 7.52. The summed E-state index contributed by atoms with van der Waals surface area (Å²) < 4.78 is 5.48. The summed E-state index contributed by atoms with van der Waals surface area (Å²) in [6.45, 7) is 12.4. The Morgan fingerprint density at radius 3 is 2.00 bits per heavy atom. The lowest BCUT2D eigenvalue weighted by molar-refractivity contribution is -0.137. The normalized spacial score (nSPS) is 12.9.